The molecule has 0 saturated carbocycles. The lowest BCUT2D eigenvalue weighted by Crippen LogP contribution is -2.18. The Morgan fingerprint density at radius 1 is 0.350 bits per heavy atom. The molecule has 16 nitrogen and oxygen atoms in total. The molecule has 434 valence electrons. The smallest absolute Gasteiger partial charge is 0.462 e. The molecule has 0 aromatic heterocycles. The zero-order valence-corrected chi connectivity index (χ0v) is 49.8. The van der Waals surface area contributed by atoms with Crippen LogP contribution >= 0.6 is 7.82 Å². The van der Waals surface area contributed by atoms with E-state index in [1.54, 1.807) is 18.2 Å². The molecule has 80 heavy (non-hydrogen) atoms. The summed E-state index contributed by atoms with van der Waals surface area (Å²) in [4.78, 5) is 76.4. The molecule has 0 heterocycles. The van der Waals surface area contributed by atoms with Gasteiger partial charge in [-0.05, 0) is 92.7 Å². The van der Waals surface area contributed by atoms with Gasteiger partial charge in [0.2, 0.25) is 0 Å². The summed E-state index contributed by atoms with van der Waals surface area (Å²) in [6.07, 6.45) is 0.408. The van der Waals surface area contributed by atoms with Gasteiger partial charge in [-0.1, -0.05) is 117 Å². The summed E-state index contributed by atoms with van der Waals surface area (Å²) in [7, 11) is -5.25. The van der Waals surface area contributed by atoms with E-state index in [9.17, 15) is 28.8 Å². The van der Waals surface area contributed by atoms with Crippen molar-refractivity contribution >= 4 is 43.6 Å². The molecule has 0 N–H and O–H groups in total. The van der Waals surface area contributed by atoms with Crippen LogP contribution in [0.15, 0.2) is 109 Å². The summed E-state index contributed by atoms with van der Waals surface area (Å²) in [6, 6.07) is 10.9. The zero-order chi connectivity index (χ0) is 60.2. The van der Waals surface area contributed by atoms with E-state index in [-0.39, 0.29) is 147 Å². The second kappa shape index (κ2) is 31.4. The summed E-state index contributed by atoms with van der Waals surface area (Å²) >= 11 is 0. The van der Waals surface area contributed by atoms with E-state index >= 15 is 4.57 Å². The van der Waals surface area contributed by atoms with Crippen molar-refractivity contribution < 1.29 is 75.3 Å². The fourth-order valence-corrected chi connectivity index (χ4v) is 9.33. The Morgan fingerprint density at radius 2 is 0.537 bits per heavy atom. The molecule has 3 rings (SSSR count). The van der Waals surface area contributed by atoms with E-state index in [4.69, 9.17) is 42.0 Å². The summed E-state index contributed by atoms with van der Waals surface area (Å²) in [6.45, 7) is 42.0. The van der Waals surface area contributed by atoms with E-state index in [1.165, 1.54) is 41.5 Å². The predicted octanol–water partition coefficient (Wildman–Crippen LogP) is 12.7. The van der Waals surface area contributed by atoms with Crippen molar-refractivity contribution in [3.05, 3.63) is 159 Å². The van der Waals surface area contributed by atoms with Crippen molar-refractivity contribution in [2.24, 2.45) is 0 Å². The molecule has 0 unspecified atom stereocenters. The molecule has 0 saturated heterocycles. The van der Waals surface area contributed by atoms with Crippen molar-refractivity contribution in [1.29, 1.82) is 0 Å². The molecule has 0 fully saturated rings. The molecule has 0 atom stereocenters. The van der Waals surface area contributed by atoms with Crippen LogP contribution in [0.2, 0.25) is 0 Å². The lowest BCUT2D eigenvalue weighted by molar-refractivity contribution is -0.139. The summed E-state index contributed by atoms with van der Waals surface area (Å²) < 4.78 is 71.6. The van der Waals surface area contributed by atoms with Crippen LogP contribution in [0.3, 0.4) is 0 Å². The number of rotatable bonds is 33. The molecule has 0 aliphatic rings. The number of benzene rings is 3. The maximum atomic E-state index is 17.0. The zero-order valence-electron chi connectivity index (χ0n) is 48.9. The van der Waals surface area contributed by atoms with E-state index in [1.807, 2.05) is 59.7 Å². The third-order valence-corrected chi connectivity index (χ3v) is 13.5. The van der Waals surface area contributed by atoms with Gasteiger partial charge >= 0.3 is 43.6 Å². The number of hydrogen-bond acceptors (Lipinski definition) is 16. The van der Waals surface area contributed by atoms with Crippen LogP contribution in [0.25, 0.3) is 0 Å². The Balaban J connectivity index is 2.63. The van der Waals surface area contributed by atoms with Gasteiger partial charge in [0.15, 0.2) is 0 Å². The van der Waals surface area contributed by atoms with E-state index in [0.717, 1.165) is 0 Å². The quantitative estimate of drug-likeness (QED) is 0.0241. The second-order valence-electron chi connectivity index (χ2n) is 20.5. The SMILES string of the molecule is C=C(C)C(=O)OCCc1ccc(C(C)C)c(OP(=O)(Oc2c(C(C)C)ccc(CCOC(=O)C(=C)C)c2CCOC(=O)C(=C)C)Oc2c(C(C)C)ccc(CCOC(=O)C(=C)C)c2CCOC(=O)C(=C)C)c1CCOC(=O)C(=C)C. The minimum Gasteiger partial charge on any atom is -0.462 e. The number of phosphoric ester groups is 1. The van der Waals surface area contributed by atoms with Crippen LogP contribution < -0.4 is 13.6 Å². The summed E-state index contributed by atoms with van der Waals surface area (Å²) in [5, 5.41) is 0. The third kappa shape index (κ3) is 20.0. The minimum absolute atomic E-state index is 0.00260. The average Bonchev–Trinajstić information content (AvgIpc) is 3.37. The van der Waals surface area contributed by atoms with Crippen LogP contribution in [-0.2, 0) is 100 Å². The molecular weight excluding hydrogens is 1040 g/mol. The highest BCUT2D eigenvalue weighted by atomic mass is 31.2. The van der Waals surface area contributed by atoms with Gasteiger partial charge < -0.3 is 42.0 Å². The largest absolute Gasteiger partial charge is 0.647 e. The lowest BCUT2D eigenvalue weighted by atomic mass is 9.93. The van der Waals surface area contributed by atoms with Gasteiger partial charge in [-0.25, -0.2) is 28.8 Å². The van der Waals surface area contributed by atoms with Crippen molar-refractivity contribution in [2.75, 3.05) is 39.6 Å². The molecule has 0 spiro atoms. The van der Waals surface area contributed by atoms with Gasteiger partial charge in [-0.2, -0.15) is 4.57 Å². The number of ether oxygens (including phenoxy) is 6. The fraction of sp³-hybridized carbons (Fsp3) is 0.429. The highest BCUT2D eigenvalue weighted by Crippen LogP contribution is 2.56. The Bertz CT molecular complexity index is 2610. The van der Waals surface area contributed by atoms with E-state index < -0.39 is 43.6 Å². The van der Waals surface area contributed by atoms with Crippen molar-refractivity contribution in [3.63, 3.8) is 0 Å². The van der Waals surface area contributed by atoms with Gasteiger partial charge in [0.1, 0.15) is 17.2 Å². The first-order valence-electron chi connectivity index (χ1n) is 26.6. The highest BCUT2D eigenvalue weighted by Gasteiger charge is 2.40. The number of carbonyl (C=O) groups excluding carboxylic acids is 6. The van der Waals surface area contributed by atoms with Crippen LogP contribution in [0, 0.1) is 0 Å². The van der Waals surface area contributed by atoms with Crippen molar-refractivity contribution in [2.45, 2.75) is 139 Å². The molecule has 0 aliphatic heterocycles. The van der Waals surface area contributed by atoms with Gasteiger partial charge in [-0.3, -0.25) is 0 Å². The van der Waals surface area contributed by atoms with Crippen LogP contribution in [-0.4, -0.2) is 75.5 Å². The number of esters is 6. The average molecular weight is 1130 g/mol. The standard InChI is InChI=1S/C63H81O16P/c1-37(2)49-22-19-46(25-31-71-58(64)40(7)8)52(28-34-74-61(67)43(13)14)55(49)77-80(70,78-56-50(38(3)4)23-20-47(26-32-72-59(65)41(9)10)53(56)29-35-75-62(68)44(15)16)79-57-51(39(5)6)24-21-48(27-33-73-60(66)42(11)12)54(57)30-36-76-63(69)45(17)18/h19-24,37-39H,7,9,11,13,15,17,25-36H2,1-6,8,10,12,14,16,18H3. The monoisotopic (exact) mass is 1120 g/mol. The minimum atomic E-state index is -5.25. The first-order chi connectivity index (χ1) is 37.5. The molecule has 0 radical (unpaired) electrons. The number of phosphoric acid groups is 1. The second-order valence-corrected chi connectivity index (χ2v) is 22.0. The van der Waals surface area contributed by atoms with Crippen molar-refractivity contribution in [3.8, 4) is 17.2 Å². The number of carbonyl (C=O) groups is 6. The van der Waals surface area contributed by atoms with Gasteiger partial charge in [-0.15, -0.1) is 0 Å². The third-order valence-electron chi connectivity index (χ3n) is 12.3. The first kappa shape index (κ1) is 66.8. The molecule has 0 aliphatic carbocycles. The molecule has 3 aromatic rings. The fourth-order valence-electron chi connectivity index (χ4n) is 7.90. The highest BCUT2D eigenvalue weighted by molar-refractivity contribution is 7.49. The molecular formula is C63H81O16P. The Labute approximate surface area is 472 Å². The summed E-state index contributed by atoms with van der Waals surface area (Å²) in [5.74, 6) is -4.47. The van der Waals surface area contributed by atoms with Gasteiger partial charge in [0.05, 0.1) is 39.6 Å². The van der Waals surface area contributed by atoms with Crippen LogP contribution in [0.1, 0.15) is 151 Å². The molecule has 0 amide bonds. The van der Waals surface area contributed by atoms with Crippen molar-refractivity contribution in [1.82, 2.24) is 0 Å². The Kier molecular flexibility index (Phi) is 26.2. The first-order valence-corrected chi connectivity index (χ1v) is 28.0. The lowest BCUT2D eigenvalue weighted by Gasteiger charge is -2.29. The van der Waals surface area contributed by atoms with Crippen LogP contribution in [0.4, 0.5) is 0 Å². The molecule has 0 bridgehead atoms. The maximum Gasteiger partial charge on any atom is 0.647 e. The van der Waals surface area contributed by atoms with E-state index in [2.05, 4.69) is 39.5 Å². The summed E-state index contributed by atoms with van der Waals surface area (Å²) in [5.41, 5.74) is 5.78. The Morgan fingerprint density at radius 3 is 0.713 bits per heavy atom. The molecule has 3 aromatic carbocycles. The molecule has 17 heteroatoms. The van der Waals surface area contributed by atoms with Gasteiger partial charge in [0.25, 0.3) is 0 Å². The van der Waals surface area contributed by atoms with Crippen LogP contribution in [0.5, 0.6) is 17.2 Å². The number of hydrogen-bond donors (Lipinski definition) is 0. The maximum absolute atomic E-state index is 17.0. The predicted molar refractivity (Wildman–Crippen MR) is 308 cm³/mol. The Hall–Kier alpha value is -7.45. The topological polar surface area (TPSA) is 203 Å². The van der Waals surface area contributed by atoms with Gasteiger partial charge in [0, 0.05) is 88.7 Å². The normalized spacial score (nSPS) is 11.1. The van der Waals surface area contributed by atoms with E-state index in [0.29, 0.717) is 50.1 Å².